The molecule has 0 spiro atoms. The lowest BCUT2D eigenvalue weighted by atomic mass is 10.0. The number of amides is 1. The number of aromatic nitrogens is 3. The zero-order valence-electron chi connectivity index (χ0n) is 20.9. The maximum absolute atomic E-state index is 14.9. The smallest absolute Gasteiger partial charge is 0.361 e. The van der Waals surface area contributed by atoms with Gasteiger partial charge in [-0.25, -0.2) is 9.07 Å². The van der Waals surface area contributed by atoms with Crippen molar-refractivity contribution in [3.8, 4) is 0 Å². The molecule has 1 atom stereocenters. The van der Waals surface area contributed by atoms with Crippen molar-refractivity contribution in [2.45, 2.75) is 44.4 Å². The molecule has 5 rings (SSSR count). The highest BCUT2D eigenvalue weighted by Crippen LogP contribution is 2.43. The molecule has 2 aromatic heterocycles. The first-order valence-corrected chi connectivity index (χ1v) is 12.1. The van der Waals surface area contributed by atoms with E-state index in [2.05, 4.69) is 15.7 Å². The van der Waals surface area contributed by atoms with Crippen LogP contribution in [0.4, 0.5) is 29.1 Å². The van der Waals surface area contributed by atoms with Crippen molar-refractivity contribution in [3.63, 3.8) is 0 Å². The fraction of sp³-hybridized carbons (Fsp3) is 0.440. The largest absolute Gasteiger partial charge is 0.419 e. The van der Waals surface area contributed by atoms with Gasteiger partial charge >= 0.3 is 6.18 Å². The van der Waals surface area contributed by atoms with Crippen LogP contribution in [0.5, 0.6) is 0 Å². The van der Waals surface area contributed by atoms with Gasteiger partial charge in [0.1, 0.15) is 11.5 Å². The summed E-state index contributed by atoms with van der Waals surface area (Å²) in [6, 6.07) is 2.05. The third-order valence-corrected chi connectivity index (χ3v) is 7.26. The van der Waals surface area contributed by atoms with Crippen molar-refractivity contribution in [2.24, 2.45) is 7.05 Å². The number of nitrogens with one attached hydrogen (secondary N) is 2. The average Bonchev–Trinajstić information content (AvgIpc) is 3.59. The number of hydrogen-bond acceptors (Lipinski definition) is 6. The standard InChI is InChI=1S/C25H26F4N6O3/c1-13(14-5-4-6-16(19(14)26)25(27,28)29)31-21-15-11-35(24(2)7-8-24)23(38)20(18(15)22(37)33(3)32-21)34-10-9-30-17(36)12-34/h4-6,11,13H,7-10,12H2,1-3H3,(H,30,36)(H,31,32)/t13-/m1/s1. The van der Waals surface area contributed by atoms with Crippen LogP contribution in [-0.2, 0) is 23.6 Å². The second-order valence-electron chi connectivity index (χ2n) is 10.1. The Morgan fingerprint density at radius 2 is 1.87 bits per heavy atom. The van der Waals surface area contributed by atoms with Crippen LogP contribution in [0.15, 0.2) is 34.0 Å². The number of hydrogen-bond donors (Lipinski definition) is 2. The van der Waals surface area contributed by atoms with Crippen LogP contribution in [-0.4, -0.2) is 39.9 Å². The van der Waals surface area contributed by atoms with Crippen molar-refractivity contribution in [2.75, 3.05) is 29.9 Å². The van der Waals surface area contributed by atoms with Crippen molar-refractivity contribution in [1.29, 1.82) is 0 Å². The fourth-order valence-electron chi connectivity index (χ4n) is 4.85. The second-order valence-corrected chi connectivity index (χ2v) is 10.1. The Balaban J connectivity index is 1.71. The molecular formula is C25H26F4N6O3. The van der Waals surface area contributed by atoms with Gasteiger partial charge in [-0.05, 0) is 32.8 Å². The van der Waals surface area contributed by atoms with E-state index in [0.717, 1.165) is 23.6 Å². The maximum atomic E-state index is 14.9. The summed E-state index contributed by atoms with van der Waals surface area (Å²) >= 11 is 0. The van der Waals surface area contributed by atoms with Gasteiger partial charge in [0, 0.05) is 37.4 Å². The number of rotatable bonds is 5. The molecule has 9 nitrogen and oxygen atoms in total. The molecule has 1 aliphatic carbocycles. The molecule has 2 aliphatic rings. The summed E-state index contributed by atoms with van der Waals surface area (Å²) < 4.78 is 57.3. The normalized spacial score (nSPS) is 17.9. The van der Waals surface area contributed by atoms with Crippen molar-refractivity contribution in [3.05, 3.63) is 62.0 Å². The molecule has 0 radical (unpaired) electrons. The Labute approximate surface area is 214 Å². The zero-order valence-corrected chi connectivity index (χ0v) is 20.9. The van der Waals surface area contributed by atoms with Gasteiger partial charge in [-0.1, -0.05) is 12.1 Å². The lowest BCUT2D eigenvalue weighted by molar-refractivity contribution is -0.140. The van der Waals surface area contributed by atoms with Crippen molar-refractivity contribution < 1.29 is 22.4 Å². The Bertz CT molecular complexity index is 1570. The number of alkyl halides is 3. The van der Waals surface area contributed by atoms with Crippen LogP contribution in [0.3, 0.4) is 0 Å². The number of carbonyl (C=O) groups is 1. The predicted octanol–water partition coefficient (Wildman–Crippen LogP) is 2.87. The Morgan fingerprint density at radius 3 is 2.50 bits per heavy atom. The van der Waals surface area contributed by atoms with Crippen LogP contribution in [0.1, 0.15) is 43.9 Å². The summed E-state index contributed by atoms with van der Waals surface area (Å²) in [5, 5.41) is 10.2. The quantitative estimate of drug-likeness (QED) is 0.489. The van der Waals surface area contributed by atoms with Gasteiger partial charge in [-0.2, -0.15) is 18.3 Å². The van der Waals surface area contributed by atoms with Crippen LogP contribution in [0, 0.1) is 5.82 Å². The van der Waals surface area contributed by atoms with Crippen LogP contribution in [0.25, 0.3) is 10.8 Å². The monoisotopic (exact) mass is 534 g/mol. The second kappa shape index (κ2) is 8.84. The number of fused-ring (bicyclic) bond motifs is 1. The minimum absolute atomic E-state index is 0.0296. The SMILES string of the molecule is C[C@@H](Nc1nn(C)c(=O)c2c(N3CCNC(=O)C3)c(=O)n(C3(C)CC3)cc12)c1cccc(C(F)(F)F)c1F. The third kappa shape index (κ3) is 4.29. The van der Waals surface area contributed by atoms with E-state index in [-0.39, 0.29) is 46.8 Å². The van der Waals surface area contributed by atoms with E-state index in [9.17, 15) is 31.9 Å². The van der Waals surface area contributed by atoms with Gasteiger partial charge in [0.25, 0.3) is 11.1 Å². The molecular weight excluding hydrogens is 508 g/mol. The first kappa shape index (κ1) is 25.7. The number of carbonyl (C=O) groups excluding carboxylic acids is 1. The maximum Gasteiger partial charge on any atom is 0.419 e. The Kier molecular flexibility index (Phi) is 5.99. The number of nitrogens with zero attached hydrogens (tertiary/aromatic N) is 4. The molecule has 1 aliphatic heterocycles. The van der Waals surface area contributed by atoms with Crippen LogP contribution in [0.2, 0.25) is 0 Å². The van der Waals surface area contributed by atoms with E-state index >= 15 is 0 Å². The highest BCUT2D eigenvalue weighted by Gasteiger charge is 2.42. The lowest BCUT2D eigenvalue weighted by Gasteiger charge is -2.30. The van der Waals surface area contributed by atoms with Gasteiger partial charge in [0.15, 0.2) is 5.82 Å². The fourth-order valence-corrected chi connectivity index (χ4v) is 4.85. The topological polar surface area (TPSA) is 101 Å². The van der Waals surface area contributed by atoms with E-state index < -0.39 is 40.3 Å². The minimum Gasteiger partial charge on any atom is -0.361 e. The van der Waals surface area contributed by atoms with Gasteiger partial charge in [0.05, 0.1) is 28.9 Å². The molecule has 13 heteroatoms. The van der Waals surface area contributed by atoms with Gasteiger partial charge < -0.3 is 20.1 Å². The Morgan fingerprint density at radius 1 is 1.16 bits per heavy atom. The first-order chi connectivity index (χ1) is 17.8. The predicted molar refractivity (Wildman–Crippen MR) is 133 cm³/mol. The number of anilines is 2. The molecule has 1 amide bonds. The molecule has 1 saturated carbocycles. The van der Waals surface area contributed by atoms with E-state index in [1.165, 1.54) is 30.8 Å². The van der Waals surface area contributed by atoms with Gasteiger partial charge in [0.2, 0.25) is 5.91 Å². The van der Waals surface area contributed by atoms with Gasteiger partial charge in [-0.3, -0.25) is 14.4 Å². The van der Waals surface area contributed by atoms with E-state index in [1.807, 2.05) is 6.92 Å². The van der Waals surface area contributed by atoms with Crippen molar-refractivity contribution >= 4 is 28.2 Å². The molecule has 0 bridgehead atoms. The average molecular weight is 535 g/mol. The molecule has 202 valence electrons. The molecule has 3 aromatic rings. The third-order valence-electron chi connectivity index (χ3n) is 7.26. The molecule has 1 saturated heterocycles. The molecule has 2 fully saturated rings. The van der Waals surface area contributed by atoms with E-state index in [1.54, 1.807) is 4.90 Å². The number of piperazine rings is 1. The highest BCUT2D eigenvalue weighted by atomic mass is 19.4. The molecule has 38 heavy (non-hydrogen) atoms. The highest BCUT2D eigenvalue weighted by molar-refractivity contribution is 6.00. The summed E-state index contributed by atoms with van der Waals surface area (Å²) in [5.74, 6) is -1.61. The summed E-state index contributed by atoms with van der Waals surface area (Å²) in [7, 11) is 1.38. The van der Waals surface area contributed by atoms with Gasteiger partial charge in [-0.15, -0.1) is 0 Å². The molecule has 3 heterocycles. The van der Waals surface area contributed by atoms with E-state index in [0.29, 0.717) is 12.6 Å². The van der Waals surface area contributed by atoms with Crippen LogP contribution < -0.4 is 26.7 Å². The lowest BCUT2D eigenvalue weighted by Crippen LogP contribution is -2.50. The van der Waals surface area contributed by atoms with Crippen molar-refractivity contribution in [1.82, 2.24) is 19.7 Å². The number of aryl methyl sites for hydroxylation is 1. The zero-order chi connectivity index (χ0) is 27.6. The van der Waals surface area contributed by atoms with E-state index in [4.69, 9.17) is 0 Å². The molecule has 1 aromatic carbocycles. The summed E-state index contributed by atoms with van der Waals surface area (Å²) in [5.41, 5.74) is -3.04. The first-order valence-electron chi connectivity index (χ1n) is 12.1. The summed E-state index contributed by atoms with van der Waals surface area (Å²) in [6.07, 6.45) is -1.90. The Hall–Kier alpha value is -3.90. The minimum atomic E-state index is -4.87. The van der Waals surface area contributed by atoms with Crippen LogP contribution >= 0.6 is 0 Å². The molecule has 0 unspecified atom stereocenters. The number of halogens is 4. The summed E-state index contributed by atoms with van der Waals surface area (Å²) in [6.45, 7) is 3.84. The summed E-state index contributed by atoms with van der Waals surface area (Å²) in [4.78, 5) is 40.8. The number of pyridine rings is 1. The molecule has 2 N–H and O–H groups in total. The number of benzene rings is 1.